The van der Waals surface area contributed by atoms with E-state index >= 15 is 0 Å². The summed E-state index contributed by atoms with van der Waals surface area (Å²) >= 11 is 1.37. The van der Waals surface area contributed by atoms with Crippen LogP contribution in [0.15, 0.2) is 34.1 Å². The van der Waals surface area contributed by atoms with Crippen LogP contribution in [-0.4, -0.2) is 41.9 Å². The fourth-order valence-electron chi connectivity index (χ4n) is 3.49. The summed E-state index contributed by atoms with van der Waals surface area (Å²) in [6, 6.07) is 7.72. The summed E-state index contributed by atoms with van der Waals surface area (Å²) in [5, 5.41) is 3.63. The van der Waals surface area contributed by atoms with Crippen molar-refractivity contribution in [2.24, 2.45) is 0 Å². The van der Waals surface area contributed by atoms with Gasteiger partial charge in [0, 0.05) is 29.9 Å². The minimum absolute atomic E-state index is 0.0828. The minimum Gasteiger partial charge on any atom is -0.340 e. The number of benzene rings is 1. The van der Waals surface area contributed by atoms with Crippen LogP contribution in [0.1, 0.15) is 29.7 Å². The van der Waals surface area contributed by atoms with Gasteiger partial charge in [0.05, 0.1) is 26.4 Å². The van der Waals surface area contributed by atoms with Crippen LogP contribution in [-0.2, 0) is 24.2 Å². The zero-order valence-corrected chi connectivity index (χ0v) is 17.7. The number of hydrogen-bond donors (Lipinski definition) is 2. The number of fused-ring (bicyclic) bond motifs is 1. The maximum Gasteiger partial charge on any atom is 0.348 e. The monoisotopic (exact) mass is 401 g/mol. The Morgan fingerprint density at radius 2 is 2.00 bits per heavy atom. The van der Waals surface area contributed by atoms with Gasteiger partial charge in [0.15, 0.2) is 0 Å². The Hall–Kier alpha value is -2.12. The van der Waals surface area contributed by atoms with Gasteiger partial charge in [0.2, 0.25) is 5.91 Å². The van der Waals surface area contributed by atoms with Crippen molar-refractivity contribution in [3.63, 3.8) is 0 Å². The molecule has 1 aromatic carbocycles. The van der Waals surface area contributed by atoms with E-state index in [4.69, 9.17) is 0 Å². The molecule has 0 aliphatic heterocycles. The van der Waals surface area contributed by atoms with Crippen molar-refractivity contribution < 1.29 is 9.69 Å². The first-order chi connectivity index (χ1) is 13.4. The number of nitrogens with one attached hydrogen (secondary N) is 2. The number of quaternary nitrogens is 1. The molecule has 0 bridgehead atoms. The molecule has 0 saturated heterocycles. The lowest BCUT2D eigenvalue weighted by atomic mass is 10.2. The average molecular weight is 402 g/mol. The first-order valence-electron chi connectivity index (χ1n) is 9.85. The molecule has 0 unspecified atom stereocenters. The molecular formula is C21H29N4O2S+. The SMILES string of the molecule is Cc1ccc(NC(=O)CSc2nc(=O)n(CCC[NH+](C)C)c3c2CCC3)cc1. The molecule has 1 heterocycles. The van der Waals surface area contributed by atoms with Crippen molar-refractivity contribution in [3.8, 4) is 0 Å². The van der Waals surface area contributed by atoms with Crippen LogP contribution < -0.4 is 15.9 Å². The Bertz CT molecular complexity index is 891. The molecule has 1 amide bonds. The van der Waals surface area contributed by atoms with Crippen LogP contribution in [0.25, 0.3) is 0 Å². The van der Waals surface area contributed by atoms with Gasteiger partial charge in [-0.1, -0.05) is 29.5 Å². The maximum atomic E-state index is 12.6. The van der Waals surface area contributed by atoms with Crippen molar-refractivity contribution in [2.45, 2.75) is 44.2 Å². The molecular weight excluding hydrogens is 372 g/mol. The standard InChI is InChI=1S/C21H28N4O2S/c1-15-8-10-16(11-9-15)22-19(26)14-28-20-17-6-4-7-18(17)25(21(27)23-20)13-5-12-24(2)3/h8-11H,4-7,12-14H2,1-3H3,(H,22,26)/p+1. The largest absolute Gasteiger partial charge is 0.348 e. The summed E-state index contributed by atoms with van der Waals surface area (Å²) in [6.45, 7) is 3.76. The Balaban J connectivity index is 1.66. The van der Waals surface area contributed by atoms with Gasteiger partial charge in [-0.2, -0.15) is 4.98 Å². The number of anilines is 1. The average Bonchev–Trinajstić information content (AvgIpc) is 3.13. The summed E-state index contributed by atoms with van der Waals surface area (Å²) in [6.07, 6.45) is 3.86. The third-order valence-electron chi connectivity index (χ3n) is 4.93. The highest BCUT2D eigenvalue weighted by Gasteiger charge is 2.22. The van der Waals surface area contributed by atoms with Crippen LogP contribution in [0.2, 0.25) is 0 Å². The van der Waals surface area contributed by atoms with Gasteiger partial charge in [-0.05, 0) is 38.3 Å². The lowest BCUT2D eigenvalue weighted by molar-refractivity contribution is -0.858. The maximum absolute atomic E-state index is 12.6. The van der Waals surface area contributed by atoms with E-state index in [0.717, 1.165) is 66.3 Å². The highest BCUT2D eigenvalue weighted by Crippen LogP contribution is 2.29. The Morgan fingerprint density at radius 3 is 2.71 bits per heavy atom. The summed E-state index contributed by atoms with van der Waals surface area (Å²) in [7, 11) is 4.24. The number of thioether (sulfide) groups is 1. The second kappa shape index (κ2) is 9.39. The molecule has 0 spiro atoms. The predicted octanol–water partition coefficient (Wildman–Crippen LogP) is 1.31. The Kier molecular flexibility index (Phi) is 6.91. The molecule has 1 aliphatic carbocycles. The molecule has 2 aromatic rings. The number of carbonyl (C=O) groups excluding carboxylic acids is 1. The number of rotatable bonds is 8. The topological polar surface area (TPSA) is 68.4 Å². The number of amides is 1. The van der Waals surface area contributed by atoms with E-state index in [9.17, 15) is 9.59 Å². The zero-order chi connectivity index (χ0) is 20.1. The van der Waals surface area contributed by atoms with E-state index in [1.54, 1.807) is 0 Å². The van der Waals surface area contributed by atoms with Crippen LogP contribution in [0.3, 0.4) is 0 Å². The number of carbonyl (C=O) groups is 1. The van der Waals surface area contributed by atoms with Crippen molar-refractivity contribution in [3.05, 3.63) is 51.6 Å². The molecule has 0 fully saturated rings. The van der Waals surface area contributed by atoms with Crippen molar-refractivity contribution in [1.29, 1.82) is 0 Å². The number of aryl methyl sites for hydroxylation is 1. The van der Waals surface area contributed by atoms with Gasteiger partial charge in [0.1, 0.15) is 5.03 Å². The smallest absolute Gasteiger partial charge is 0.340 e. The first-order valence-corrected chi connectivity index (χ1v) is 10.8. The molecule has 150 valence electrons. The van der Waals surface area contributed by atoms with E-state index in [2.05, 4.69) is 24.4 Å². The first kappa shape index (κ1) is 20.6. The molecule has 1 aromatic heterocycles. The van der Waals surface area contributed by atoms with Crippen molar-refractivity contribution in [1.82, 2.24) is 9.55 Å². The molecule has 2 N–H and O–H groups in total. The highest BCUT2D eigenvalue weighted by molar-refractivity contribution is 8.00. The molecule has 28 heavy (non-hydrogen) atoms. The third kappa shape index (κ3) is 5.23. The van der Waals surface area contributed by atoms with Crippen LogP contribution in [0.4, 0.5) is 5.69 Å². The van der Waals surface area contributed by atoms with Gasteiger partial charge in [-0.15, -0.1) is 0 Å². The summed E-state index contributed by atoms with van der Waals surface area (Å²) in [4.78, 5) is 30.6. The van der Waals surface area contributed by atoms with Crippen molar-refractivity contribution in [2.75, 3.05) is 31.7 Å². The molecule has 0 atom stereocenters. The van der Waals surface area contributed by atoms with Gasteiger partial charge >= 0.3 is 5.69 Å². The van der Waals surface area contributed by atoms with Gasteiger partial charge in [-0.3, -0.25) is 9.36 Å². The summed E-state index contributed by atoms with van der Waals surface area (Å²) in [5.41, 5.74) is 4.03. The zero-order valence-electron chi connectivity index (χ0n) is 16.9. The molecule has 0 saturated carbocycles. The third-order valence-corrected chi connectivity index (χ3v) is 5.95. The summed E-state index contributed by atoms with van der Waals surface area (Å²) < 4.78 is 1.85. The Morgan fingerprint density at radius 1 is 1.25 bits per heavy atom. The van der Waals surface area contributed by atoms with Gasteiger partial charge < -0.3 is 10.2 Å². The van der Waals surface area contributed by atoms with Gasteiger partial charge in [-0.25, -0.2) is 4.79 Å². The fraction of sp³-hybridized carbons (Fsp3) is 0.476. The fourth-order valence-corrected chi connectivity index (χ4v) is 4.37. The number of aromatic nitrogens is 2. The quantitative estimate of drug-likeness (QED) is 0.517. The normalized spacial score (nSPS) is 13.0. The van der Waals surface area contributed by atoms with Gasteiger partial charge in [0.25, 0.3) is 0 Å². The molecule has 7 heteroatoms. The second-order valence-corrected chi connectivity index (χ2v) is 8.61. The lowest BCUT2D eigenvalue weighted by Crippen LogP contribution is -3.05. The van der Waals surface area contributed by atoms with Crippen LogP contribution in [0.5, 0.6) is 0 Å². The van der Waals surface area contributed by atoms with Crippen LogP contribution >= 0.6 is 11.8 Å². The minimum atomic E-state index is -0.184. The number of nitrogens with zero attached hydrogens (tertiary/aromatic N) is 2. The molecule has 6 nitrogen and oxygen atoms in total. The highest BCUT2D eigenvalue weighted by atomic mass is 32.2. The van der Waals surface area contributed by atoms with E-state index in [1.165, 1.54) is 16.7 Å². The second-order valence-electron chi connectivity index (χ2n) is 7.64. The van der Waals surface area contributed by atoms with E-state index in [1.807, 2.05) is 35.8 Å². The predicted molar refractivity (Wildman–Crippen MR) is 113 cm³/mol. The van der Waals surface area contributed by atoms with Crippen LogP contribution in [0, 0.1) is 6.92 Å². The van der Waals surface area contributed by atoms with E-state index in [0.29, 0.717) is 0 Å². The Labute approximate surface area is 170 Å². The molecule has 3 rings (SSSR count). The lowest BCUT2D eigenvalue weighted by Gasteiger charge is -2.15. The number of hydrogen-bond acceptors (Lipinski definition) is 4. The van der Waals surface area contributed by atoms with E-state index < -0.39 is 0 Å². The van der Waals surface area contributed by atoms with Crippen molar-refractivity contribution >= 4 is 23.4 Å². The molecule has 0 radical (unpaired) electrons. The van der Waals surface area contributed by atoms with E-state index in [-0.39, 0.29) is 17.3 Å². The molecule has 1 aliphatic rings. The summed E-state index contributed by atoms with van der Waals surface area (Å²) in [5.74, 6) is 0.168.